The molecule has 1 aliphatic heterocycles. The molecule has 0 amide bonds. The Bertz CT molecular complexity index is 923. The first-order chi connectivity index (χ1) is 14.7. The van der Waals surface area contributed by atoms with Crippen LogP contribution in [0.2, 0.25) is 0 Å². The first-order valence-corrected chi connectivity index (χ1v) is 10.5. The molecule has 0 spiro atoms. The van der Waals surface area contributed by atoms with Gasteiger partial charge in [-0.1, -0.05) is 12.1 Å². The van der Waals surface area contributed by atoms with E-state index in [0.29, 0.717) is 25.3 Å². The number of hydrogen-bond donors (Lipinski definition) is 1. The van der Waals surface area contributed by atoms with Gasteiger partial charge in [-0.3, -0.25) is 4.90 Å². The smallest absolute Gasteiger partial charge is 0.295 e. The second-order valence-corrected chi connectivity index (χ2v) is 7.37. The van der Waals surface area contributed by atoms with Crippen LogP contribution in [0.4, 0.5) is 10.4 Å². The Morgan fingerprint density at radius 2 is 1.90 bits per heavy atom. The molecular formula is C23H27FN3O3. The summed E-state index contributed by atoms with van der Waals surface area (Å²) < 4.78 is 31.1. The number of fused-ring (bicyclic) bond motifs is 1. The number of hydrogen-bond acceptors (Lipinski definition) is 6. The monoisotopic (exact) mass is 412 g/mol. The topological polar surface area (TPSA) is 59.8 Å². The number of nitrogens with zero attached hydrogens (tertiary/aromatic N) is 2. The molecule has 1 N–H and O–H groups in total. The molecule has 0 aliphatic carbocycles. The Morgan fingerprint density at radius 3 is 2.53 bits per heavy atom. The molecule has 159 valence electrons. The summed E-state index contributed by atoms with van der Waals surface area (Å²) in [5.41, 5.74) is 2.47. The van der Waals surface area contributed by atoms with Gasteiger partial charge >= 0.3 is 0 Å². The molecule has 1 aromatic heterocycles. The molecule has 0 bridgehead atoms. The van der Waals surface area contributed by atoms with E-state index in [-0.39, 0.29) is 11.5 Å². The number of para-hydroxylation sites is 1. The summed E-state index contributed by atoms with van der Waals surface area (Å²) in [6.07, 6.45) is 1.94. The number of piperidine rings is 1. The van der Waals surface area contributed by atoms with E-state index >= 15 is 0 Å². The average molecular weight is 412 g/mol. The third kappa shape index (κ3) is 4.67. The highest BCUT2D eigenvalue weighted by molar-refractivity contribution is 5.73. The Balaban J connectivity index is 1.36. The normalized spacial score (nSPS) is 15.4. The zero-order valence-electron chi connectivity index (χ0n) is 17.4. The number of oxazole rings is 1. The molecule has 4 rings (SSSR count). The van der Waals surface area contributed by atoms with Crippen molar-refractivity contribution in [3.63, 3.8) is 0 Å². The minimum absolute atomic E-state index is 0.253. The molecule has 0 unspecified atom stereocenters. The zero-order chi connectivity index (χ0) is 20.9. The molecule has 1 saturated heterocycles. The summed E-state index contributed by atoms with van der Waals surface area (Å²) in [6, 6.07) is 13.1. The van der Waals surface area contributed by atoms with Gasteiger partial charge in [0.25, 0.3) is 6.01 Å². The van der Waals surface area contributed by atoms with Crippen molar-refractivity contribution in [1.29, 1.82) is 0 Å². The van der Waals surface area contributed by atoms with Crippen LogP contribution < -0.4 is 14.8 Å². The van der Waals surface area contributed by atoms with Crippen LogP contribution in [0.5, 0.6) is 11.5 Å². The summed E-state index contributed by atoms with van der Waals surface area (Å²) in [6.45, 7) is 7.10. The Labute approximate surface area is 176 Å². The highest BCUT2D eigenvalue weighted by Gasteiger charge is 2.22. The van der Waals surface area contributed by atoms with Crippen LogP contribution in [-0.2, 0) is 6.54 Å². The summed E-state index contributed by atoms with van der Waals surface area (Å²) in [5, 5.41) is 3.40. The third-order valence-electron chi connectivity index (χ3n) is 5.20. The van der Waals surface area contributed by atoms with Gasteiger partial charge in [0, 0.05) is 31.7 Å². The van der Waals surface area contributed by atoms with Gasteiger partial charge in [-0.2, -0.15) is 9.37 Å². The number of anilines is 1. The summed E-state index contributed by atoms with van der Waals surface area (Å²) in [4.78, 5) is 6.80. The largest absolute Gasteiger partial charge is 0.491 e. The van der Waals surface area contributed by atoms with E-state index in [4.69, 9.17) is 13.9 Å². The first-order valence-electron chi connectivity index (χ1n) is 10.5. The number of aromatic nitrogens is 1. The second-order valence-electron chi connectivity index (χ2n) is 7.37. The van der Waals surface area contributed by atoms with E-state index in [1.54, 1.807) is 12.1 Å². The number of benzene rings is 2. The van der Waals surface area contributed by atoms with Crippen molar-refractivity contribution in [2.24, 2.45) is 0 Å². The molecule has 6 nitrogen and oxygen atoms in total. The van der Waals surface area contributed by atoms with E-state index < -0.39 is 5.82 Å². The molecule has 3 aromatic rings. The number of ether oxygens (including phenoxy) is 2. The van der Waals surface area contributed by atoms with Crippen LogP contribution in [0.1, 0.15) is 32.3 Å². The predicted molar refractivity (Wildman–Crippen MR) is 114 cm³/mol. The van der Waals surface area contributed by atoms with Crippen molar-refractivity contribution in [3.8, 4) is 11.5 Å². The van der Waals surface area contributed by atoms with Crippen LogP contribution in [-0.4, -0.2) is 42.2 Å². The molecule has 2 heterocycles. The fraction of sp³-hybridized carbons (Fsp3) is 0.435. The van der Waals surface area contributed by atoms with Gasteiger partial charge in [-0.25, -0.2) is 0 Å². The molecule has 0 atom stereocenters. The lowest BCUT2D eigenvalue weighted by atomic mass is 10.0. The molecule has 30 heavy (non-hydrogen) atoms. The van der Waals surface area contributed by atoms with Gasteiger partial charge < -0.3 is 19.2 Å². The molecule has 2 aromatic carbocycles. The Hall–Kier alpha value is -2.80. The molecule has 0 saturated carbocycles. The van der Waals surface area contributed by atoms with Crippen LogP contribution in [0.25, 0.3) is 11.1 Å². The average Bonchev–Trinajstić information content (AvgIpc) is 3.15. The summed E-state index contributed by atoms with van der Waals surface area (Å²) in [7, 11) is 0. The maximum atomic E-state index is 14.5. The van der Waals surface area contributed by atoms with E-state index in [1.807, 2.05) is 32.0 Å². The minimum Gasteiger partial charge on any atom is -0.491 e. The maximum absolute atomic E-state index is 14.5. The molecule has 1 radical (unpaired) electrons. The lowest BCUT2D eigenvalue weighted by molar-refractivity contribution is 0.209. The van der Waals surface area contributed by atoms with E-state index in [9.17, 15) is 4.39 Å². The molecular weight excluding hydrogens is 385 g/mol. The molecule has 1 aliphatic rings. The van der Waals surface area contributed by atoms with Crippen LogP contribution in [0, 0.1) is 11.9 Å². The van der Waals surface area contributed by atoms with Gasteiger partial charge in [-0.05, 0) is 50.5 Å². The number of rotatable bonds is 8. The molecule has 7 heteroatoms. The van der Waals surface area contributed by atoms with Crippen molar-refractivity contribution in [2.45, 2.75) is 39.3 Å². The van der Waals surface area contributed by atoms with Crippen LogP contribution >= 0.6 is 0 Å². The van der Waals surface area contributed by atoms with Crippen molar-refractivity contribution < 1.29 is 18.3 Å². The van der Waals surface area contributed by atoms with E-state index in [2.05, 4.69) is 21.3 Å². The van der Waals surface area contributed by atoms with E-state index in [0.717, 1.165) is 49.1 Å². The first kappa shape index (κ1) is 20.5. The zero-order valence-corrected chi connectivity index (χ0v) is 17.4. The fourth-order valence-electron chi connectivity index (χ4n) is 3.78. The van der Waals surface area contributed by atoms with Crippen molar-refractivity contribution in [2.75, 3.05) is 31.6 Å². The van der Waals surface area contributed by atoms with Gasteiger partial charge in [0.1, 0.15) is 5.52 Å². The highest BCUT2D eigenvalue weighted by atomic mass is 19.1. The van der Waals surface area contributed by atoms with Crippen LogP contribution in [0.3, 0.4) is 0 Å². The van der Waals surface area contributed by atoms with Gasteiger partial charge in [0.2, 0.25) is 5.82 Å². The van der Waals surface area contributed by atoms with Crippen molar-refractivity contribution >= 4 is 17.1 Å². The van der Waals surface area contributed by atoms with E-state index in [1.165, 1.54) is 0 Å². The standard InChI is InChI=1S/C23H27FN3O3/c1-3-28-20-13-16(14-21(22(20)24)29-4-2)15-27-11-9-17(10-12-27)25-23-26-18-7-5-6-8-19(18)30-23/h5-6,8,13-14,17H,3-4,9-12,15H2,1-2H3,(H,25,26). The second kappa shape index (κ2) is 9.34. The minimum atomic E-state index is -0.430. The fourth-order valence-corrected chi connectivity index (χ4v) is 3.78. The highest BCUT2D eigenvalue weighted by Crippen LogP contribution is 2.30. The number of nitrogens with one attached hydrogen (secondary N) is 1. The van der Waals surface area contributed by atoms with Crippen molar-refractivity contribution in [1.82, 2.24) is 9.88 Å². The quantitative estimate of drug-likeness (QED) is 0.582. The van der Waals surface area contributed by atoms with Gasteiger partial charge in [0.05, 0.1) is 13.2 Å². The predicted octanol–water partition coefficient (Wildman–Crippen LogP) is 4.64. The number of likely N-dealkylation sites (tertiary alicyclic amines) is 1. The van der Waals surface area contributed by atoms with Crippen molar-refractivity contribution in [3.05, 3.63) is 47.8 Å². The maximum Gasteiger partial charge on any atom is 0.295 e. The Morgan fingerprint density at radius 1 is 1.20 bits per heavy atom. The lowest BCUT2D eigenvalue weighted by Gasteiger charge is -2.32. The Kier molecular flexibility index (Phi) is 6.38. The van der Waals surface area contributed by atoms with Gasteiger partial charge in [0.15, 0.2) is 17.1 Å². The number of halogens is 1. The lowest BCUT2D eigenvalue weighted by Crippen LogP contribution is -2.38. The summed E-state index contributed by atoms with van der Waals surface area (Å²) in [5.74, 6) is 0.0754. The SMILES string of the molecule is CCOc1cc(CN2CCC(Nc3nc4[c]cccc4o3)CC2)cc(OCC)c1F. The van der Waals surface area contributed by atoms with Gasteiger partial charge in [-0.15, -0.1) is 0 Å². The third-order valence-corrected chi connectivity index (χ3v) is 5.20. The molecule has 1 fully saturated rings. The summed E-state index contributed by atoms with van der Waals surface area (Å²) >= 11 is 0. The van der Waals surface area contributed by atoms with Crippen LogP contribution in [0.15, 0.2) is 34.7 Å².